The van der Waals surface area contributed by atoms with Crippen LogP contribution in [0.4, 0.5) is 5.69 Å². The molecule has 0 N–H and O–H groups in total. The zero-order valence-electron chi connectivity index (χ0n) is 12.0. The highest BCUT2D eigenvalue weighted by Gasteiger charge is 2.35. The van der Waals surface area contributed by atoms with Gasteiger partial charge in [-0.05, 0) is 41.8 Å². The molecule has 21 heavy (non-hydrogen) atoms. The van der Waals surface area contributed by atoms with E-state index in [1.165, 1.54) is 0 Å². The van der Waals surface area contributed by atoms with Crippen LogP contribution in [0.25, 0.3) is 0 Å². The van der Waals surface area contributed by atoms with Crippen molar-refractivity contribution in [3.63, 3.8) is 0 Å². The van der Waals surface area contributed by atoms with Gasteiger partial charge in [-0.2, -0.15) is 0 Å². The number of para-hydroxylation sites is 1. The molecule has 2 aromatic rings. The molecule has 1 amide bonds. The Morgan fingerprint density at radius 2 is 2.00 bits per heavy atom. The van der Waals surface area contributed by atoms with E-state index < -0.39 is 0 Å². The summed E-state index contributed by atoms with van der Waals surface area (Å²) in [7, 11) is 3.44. The predicted molar refractivity (Wildman–Crippen MR) is 84.3 cm³/mol. The minimum absolute atomic E-state index is 0.109. The monoisotopic (exact) mass is 301 g/mol. The number of carbonyl (C=O) groups is 1. The van der Waals surface area contributed by atoms with Crippen molar-refractivity contribution in [1.29, 1.82) is 0 Å². The smallest absolute Gasteiger partial charge is 0.234 e. The lowest BCUT2D eigenvalue weighted by Crippen LogP contribution is -2.25. The number of methoxy groups -OCH3 is 1. The Bertz CT molecular complexity index is 699. The number of hydrogen-bond donors (Lipinski definition) is 0. The average Bonchev–Trinajstić information content (AvgIpc) is 2.73. The molecule has 0 fully saturated rings. The molecule has 0 aliphatic carbocycles. The van der Waals surface area contributed by atoms with E-state index >= 15 is 0 Å². The van der Waals surface area contributed by atoms with Crippen LogP contribution in [0.15, 0.2) is 42.5 Å². The molecule has 3 rings (SSSR count). The molecule has 1 atom stereocenters. The fourth-order valence-corrected chi connectivity index (χ4v) is 3.09. The topological polar surface area (TPSA) is 29.5 Å². The lowest BCUT2D eigenvalue weighted by atomic mass is 9.93. The third-order valence-electron chi connectivity index (χ3n) is 3.97. The average molecular weight is 302 g/mol. The van der Waals surface area contributed by atoms with E-state index in [2.05, 4.69) is 0 Å². The molecule has 3 nitrogen and oxygen atoms in total. The molecular weight excluding hydrogens is 286 g/mol. The highest BCUT2D eigenvalue weighted by molar-refractivity contribution is 6.30. The van der Waals surface area contributed by atoms with E-state index in [9.17, 15) is 4.79 Å². The largest absolute Gasteiger partial charge is 0.496 e. The van der Waals surface area contributed by atoms with E-state index in [-0.39, 0.29) is 11.8 Å². The first-order valence-corrected chi connectivity index (χ1v) is 7.18. The van der Waals surface area contributed by atoms with Crippen LogP contribution in [0, 0.1) is 0 Å². The molecule has 0 unspecified atom stereocenters. The minimum Gasteiger partial charge on any atom is -0.496 e. The number of benzene rings is 2. The van der Waals surface area contributed by atoms with Gasteiger partial charge in [-0.1, -0.05) is 29.8 Å². The zero-order valence-corrected chi connectivity index (χ0v) is 12.7. The maximum atomic E-state index is 12.5. The van der Waals surface area contributed by atoms with Crippen molar-refractivity contribution < 1.29 is 9.53 Å². The number of nitrogens with zero attached hydrogens (tertiary/aromatic N) is 1. The van der Waals surface area contributed by atoms with E-state index in [4.69, 9.17) is 16.3 Å². The van der Waals surface area contributed by atoms with Gasteiger partial charge < -0.3 is 9.64 Å². The number of likely N-dealkylation sites (N-methyl/N-ethyl adjacent to an activating group) is 1. The standard InChI is InChI=1S/C17H16ClNO2/c1-19-15-6-4-3-5-13(15)14(17(19)20)10-11-9-12(18)7-8-16(11)21-2/h3-9,14H,10H2,1-2H3/t14-/m0/s1. The summed E-state index contributed by atoms with van der Waals surface area (Å²) in [6.45, 7) is 0. The minimum atomic E-state index is -0.182. The number of carbonyl (C=O) groups excluding carboxylic acids is 1. The van der Waals surface area contributed by atoms with E-state index in [1.54, 1.807) is 18.1 Å². The fraction of sp³-hybridized carbons (Fsp3) is 0.235. The van der Waals surface area contributed by atoms with Gasteiger partial charge in [0, 0.05) is 17.8 Å². The molecule has 0 aromatic heterocycles. The quantitative estimate of drug-likeness (QED) is 0.866. The lowest BCUT2D eigenvalue weighted by molar-refractivity contribution is -0.119. The fourth-order valence-electron chi connectivity index (χ4n) is 2.90. The predicted octanol–water partition coefficient (Wildman–Crippen LogP) is 3.65. The third-order valence-corrected chi connectivity index (χ3v) is 4.20. The van der Waals surface area contributed by atoms with Crippen LogP contribution in [-0.2, 0) is 11.2 Å². The lowest BCUT2D eigenvalue weighted by Gasteiger charge is -2.14. The second kappa shape index (κ2) is 5.41. The SMILES string of the molecule is COc1ccc(Cl)cc1C[C@@H]1C(=O)N(C)c2ccccc21. The summed E-state index contributed by atoms with van der Waals surface area (Å²) in [5.74, 6) is 0.691. The van der Waals surface area contributed by atoms with Crippen LogP contribution in [0.2, 0.25) is 5.02 Å². The zero-order chi connectivity index (χ0) is 15.0. The molecule has 4 heteroatoms. The second-order valence-corrected chi connectivity index (χ2v) is 5.61. The molecule has 0 saturated carbocycles. The molecule has 108 valence electrons. The van der Waals surface area contributed by atoms with Crippen LogP contribution in [0.5, 0.6) is 5.75 Å². The van der Waals surface area contributed by atoms with Gasteiger partial charge in [-0.3, -0.25) is 4.79 Å². The van der Waals surface area contributed by atoms with Crippen molar-refractivity contribution in [3.8, 4) is 5.75 Å². The molecular formula is C17H16ClNO2. The normalized spacial score (nSPS) is 17.0. The number of fused-ring (bicyclic) bond motifs is 1. The summed E-state index contributed by atoms with van der Waals surface area (Å²) >= 11 is 6.07. The summed E-state index contributed by atoms with van der Waals surface area (Å²) in [5.41, 5.74) is 2.99. The number of ether oxygens (including phenoxy) is 1. The van der Waals surface area contributed by atoms with Crippen molar-refractivity contribution >= 4 is 23.2 Å². The Labute approximate surface area is 129 Å². The van der Waals surface area contributed by atoms with Gasteiger partial charge in [0.1, 0.15) is 5.75 Å². The number of amides is 1. The van der Waals surface area contributed by atoms with Crippen LogP contribution in [-0.4, -0.2) is 20.1 Å². The second-order valence-electron chi connectivity index (χ2n) is 5.17. The van der Waals surface area contributed by atoms with E-state index in [1.807, 2.05) is 43.4 Å². The van der Waals surface area contributed by atoms with Crippen molar-refractivity contribution in [2.24, 2.45) is 0 Å². The first-order valence-electron chi connectivity index (χ1n) is 6.80. The van der Waals surface area contributed by atoms with Gasteiger partial charge in [0.15, 0.2) is 0 Å². The Morgan fingerprint density at radius 3 is 2.76 bits per heavy atom. The van der Waals surface area contributed by atoms with Gasteiger partial charge in [0.05, 0.1) is 13.0 Å². The number of halogens is 1. The molecule has 1 aliphatic heterocycles. The van der Waals surface area contributed by atoms with Crippen molar-refractivity contribution in [3.05, 3.63) is 58.6 Å². The Balaban J connectivity index is 1.99. The third kappa shape index (κ3) is 2.38. The van der Waals surface area contributed by atoms with Gasteiger partial charge in [-0.15, -0.1) is 0 Å². The van der Waals surface area contributed by atoms with Crippen LogP contribution < -0.4 is 9.64 Å². The first-order chi connectivity index (χ1) is 10.1. The maximum absolute atomic E-state index is 12.5. The number of hydrogen-bond acceptors (Lipinski definition) is 2. The molecule has 1 aliphatic rings. The molecule has 0 bridgehead atoms. The number of rotatable bonds is 3. The van der Waals surface area contributed by atoms with Crippen molar-refractivity contribution in [2.75, 3.05) is 19.1 Å². The molecule has 2 aromatic carbocycles. The van der Waals surface area contributed by atoms with Crippen LogP contribution >= 0.6 is 11.6 Å². The highest BCUT2D eigenvalue weighted by Crippen LogP contribution is 2.39. The van der Waals surface area contributed by atoms with Crippen LogP contribution in [0.1, 0.15) is 17.0 Å². The van der Waals surface area contributed by atoms with Gasteiger partial charge in [-0.25, -0.2) is 0 Å². The molecule has 0 saturated heterocycles. The first kappa shape index (κ1) is 14.0. The van der Waals surface area contributed by atoms with Crippen LogP contribution in [0.3, 0.4) is 0 Å². The summed E-state index contributed by atoms with van der Waals surface area (Å²) in [6, 6.07) is 13.4. The Kier molecular flexibility index (Phi) is 3.60. The van der Waals surface area contributed by atoms with E-state index in [0.29, 0.717) is 11.4 Å². The summed E-state index contributed by atoms with van der Waals surface area (Å²) in [6.07, 6.45) is 0.587. The summed E-state index contributed by atoms with van der Waals surface area (Å²) in [5, 5.41) is 0.651. The van der Waals surface area contributed by atoms with Crippen molar-refractivity contribution in [1.82, 2.24) is 0 Å². The number of anilines is 1. The highest BCUT2D eigenvalue weighted by atomic mass is 35.5. The summed E-state index contributed by atoms with van der Waals surface area (Å²) in [4.78, 5) is 14.2. The maximum Gasteiger partial charge on any atom is 0.234 e. The van der Waals surface area contributed by atoms with Gasteiger partial charge in [0.25, 0.3) is 0 Å². The van der Waals surface area contributed by atoms with Crippen molar-refractivity contribution in [2.45, 2.75) is 12.3 Å². The molecule has 0 spiro atoms. The van der Waals surface area contributed by atoms with E-state index in [0.717, 1.165) is 22.6 Å². The Morgan fingerprint density at radius 1 is 1.24 bits per heavy atom. The molecule has 0 radical (unpaired) electrons. The van der Waals surface area contributed by atoms with Gasteiger partial charge in [0.2, 0.25) is 5.91 Å². The Hall–Kier alpha value is -2.00. The van der Waals surface area contributed by atoms with Gasteiger partial charge >= 0.3 is 0 Å². The molecule has 1 heterocycles. The summed E-state index contributed by atoms with van der Waals surface area (Å²) < 4.78 is 5.38.